The molecular formula is C19H18Cl2N2O3. The zero-order valence-corrected chi connectivity index (χ0v) is 15.8. The highest BCUT2D eigenvalue weighted by Gasteiger charge is 2.17. The Morgan fingerprint density at radius 3 is 2.50 bits per heavy atom. The number of carbonyl (C=O) groups is 1. The molecule has 0 N–H and O–H groups in total. The fourth-order valence-corrected chi connectivity index (χ4v) is 2.72. The van der Waals surface area contributed by atoms with Gasteiger partial charge in [0.25, 0.3) is 5.91 Å². The molecule has 0 aliphatic carbocycles. The van der Waals surface area contributed by atoms with Gasteiger partial charge in [-0.2, -0.15) is 5.26 Å². The van der Waals surface area contributed by atoms with E-state index in [1.807, 2.05) is 13.0 Å². The Labute approximate surface area is 162 Å². The van der Waals surface area contributed by atoms with Gasteiger partial charge < -0.3 is 14.4 Å². The lowest BCUT2D eigenvalue weighted by Crippen LogP contribution is -2.35. The maximum absolute atomic E-state index is 12.6. The van der Waals surface area contributed by atoms with E-state index in [2.05, 4.69) is 0 Å². The van der Waals surface area contributed by atoms with Crippen LogP contribution in [0.1, 0.15) is 13.3 Å². The van der Waals surface area contributed by atoms with Gasteiger partial charge >= 0.3 is 0 Å². The zero-order chi connectivity index (χ0) is 18.9. The Morgan fingerprint density at radius 1 is 1.15 bits per heavy atom. The predicted octanol–water partition coefficient (Wildman–Crippen LogP) is 4.72. The maximum atomic E-state index is 12.6. The molecule has 5 nitrogen and oxygen atoms in total. The number of hydrogen-bond donors (Lipinski definition) is 0. The molecule has 0 radical (unpaired) electrons. The summed E-state index contributed by atoms with van der Waals surface area (Å²) in [4.78, 5) is 14.1. The van der Waals surface area contributed by atoms with Crippen molar-refractivity contribution in [2.45, 2.75) is 13.3 Å². The van der Waals surface area contributed by atoms with Crippen LogP contribution in [0, 0.1) is 11.3 Å². The number of hydrogen-bond acceptors (Lipinski definition) is 4. The first kappa shape index (κ1) is 19.9. The maximum Gasteiger partial charge on any atom is 0.264 e. The SMILES string of the molecule is CCOc1ccc(N(CCC#N)C(=O)COc2ccc(Cl)cc2Cl)cc1. The first-order chi connectivity index (χ1) is 12.5. The highest BCUT2D eigenvalue weighted by Crippen LogP contribution is 2.27. The van der Waals surface area contributed by atoms with Crippen molar-refractivity contribution in [3.63, 3.8) is 0 Å². The van der Waals surface area contributed by atoms with Crippen molar-refractivity contribution in [3.05, 3.63) is 52.5 Å². The van der Waals surface area contributed by atoms with E-state index in [9.17, 15) is 4.79 Å². The second-order valence-electron chi connectivity index (χ2n) is 5.24. The van der Waals surface area contributed by atoms with Gasteiger partial charge in [-0.05, 0) is 49.4 Å². The summed E-state index contributed by atoms with van der Waals surface area (Å²) in [5.41, 5.74) is 0.666. The monoisotopic (exact) mass is 392 g/mol. The van der Waals surface area contributed by atoms with Gasteiger partial charge in [-0.25, -0.2) is 0 Å². The molecule has 0 bridgehead atoms. The molecule has 0 aromatic heterocycles. The molecule has 7 heteroatoms. The van der Waals surface area contributed by atoms with Crippen LogP contribution in [0.3, 0.4) is 0 Å². The van der Waals surface area contributed by atoms with Crippen LogP contribution in [0.15, 0.2) is 42.5 Å². The summed E-state index contributed by atoms with van der Waals surface area (Å²) in [5.74, 6) is 0.805. The van der Waals surface area contributed by atoms with Crippen LogP contribution in [-0.2, 0) is 4.79 Å². The van der Waals surface area contributed by atoms with E-state index in [-0.39, 0.29) is 25.5 Å². The molecule has 0 heterocycles. The molecule has 0 fully saturated rings. The average molecular weight is 393 g/mol. The number of amides is 1. The van der Waals surface area contributed by atoms with Gasteiger partial charge in [-0.1, -0.05) is 23.2 Å². The summed E-state index contributed by atoms with van der Waals surface area (Å²) in [7, 11) is 0. The van der Waals surface area contributed by atoms with Crippen LogP contribution in [-0.4, -0.2) is 25.7 Å². The van der Waals surface area contributed by atoms with E-state index in [1.54, 1.807) is 42.5 Å². The standard InChI is InChI=1S/C19H18Cl2N2O3/c1-2-25-16-7-5-15(6-8-16)23(11-3-10-22)19(24)13-26-18-9-4-14(20)12-17(18)21/h4-9,12H,2-3,11,13H2,1H3. The van der Waals surface area contributed by atoms with E-state index >= 15 is 0 Å². The molecule has 0 atom stereocenters. The molecule has 2 rings (SSSR count). The number of nitrogens with zero attached hydrogens (tertiary/aromatic N) is 2. The number of benzene rings is 2. The van der Waals surface area contributed by atoms with Crippen LogP contribution in [0.5, 0.6) is 11.5 Å². The topological polar surface area (TPSA) is 62.6 Å². The summed E-state index contributed by atoms with van der Waals surface area (Å²) >= 11 is 11.9. The summed E-state index contributed by atoms with van der Waals surface area (Å²) < 4.78 is 10.9. The van der Waals surface area contributed by atoms with Crippen LogP contribution in [0.4, 0.5) is 5.69 Å². The number of carbonyl (C=O) groups excluding carboxylic acids is 1. The summed E-state index contributed by atoms with van der Waals surface area (Å²) in [6.07, 6.45) is 0.209. The van der Waals surface area contributed by atoms with E-state index in [0.29, 0.717) is 33.8 Å². The highest BCUT2D eigenvalue weighted by atomic mass is 35.5. The molecule has 0 unspecified atom stereocenters. The van der Waals surface area contributed by atoms with Crippen molar-refractivity contribution < 1.29 is 14.3 Å². The van der Waals surface area contributed by atoms with Gasteiger partial charge in [-0.15, -0.1) is 0 Å². The minimum atomic E-state index is -0.282. The normalized spacial score (nSPS) is 10.1. The van der Waals surface area contributed by atoms with Gasteiger partial charge in [0, 0.05) is 17.3 Å². The van der Waals surface area contributed by atoms with Crippen molar-refractivity contribution in [1.82, 2.24) is 0 Å². The lowest BCUT2D eigenvalue weighted by molar-refractivity contribution is -0.120. The summed E-state index contributed by atoms with van der Waals surface area (Å²) in [6, 6.07) is 13.9. The first-order valence-electron chi connectivity index (χ1n) is 8.03. The Kier molecular flexibility index (Phi) is 7.58. The van der Waals surface area contributed by atoms with E-state index < -0.39 is 0 Å². The predicted molar refractivity (Wildman–Crippen MR) is 102 cm³/mol. The molecule has 2 aromatic rings. The fraction of sp³-hybridized carbons (Fsp3) is 0.263. The minimum absolute atomic E-state index is 0.208. The van der Waals surface area contributed by atoms with E-state index in [1.165, 1.54) is 4.90 Å². The number of nitriles is 1. The third-order valence-electron chi connectivity index (χ3n) is 3.45. The molecule has 1 amide bonds. The number of ether oxygens (including phenoxy) is 2. The quantitative estimate of drug-likeness (QED) is 0.651. The molecule has 2 aromatic carbocycles. The highest BCUT2D eigenvalue weighted by molar-refractivity contribution is 6.35. The molecule has 0 spiro atoms. The van der Waals surface area contributed by atoms with Crippen LogP contribution in [0.2, 0.25) is 10.0 Å². The second kappa shape index (κ2) is 9.91. The van der Waals surface area contributed by atoms with Crippen molar-refractivity contribution in [1.29, 1.82) is 5.26 Å². The zero-order valence-electron chi connectivity index (χ0n) is 14.2. The van der Waals surface area contributed by atoms with Crippen molar-refractivity contribution >= 4 is 34.8 Å². The Balaban J connectivity index is 2.09. The van der Waals surface area contributed by atoms with Crippen molar-refractivity contribution in [2.24, 2.45) is 0 Å². The average Bonchev–Trinajstić information content (AvgIpc) is 2.63. The first-order valence-corrected chi connectivity index (χ1v) is 8.78. The van der Waals surface area contributed by atoms with Gasteiger partial charge in [0.1, 0.15) is 11.5 Å². The Morgan fingerprint density at radius 2 is 1.88 bits per heavy atom. The lowest BCUT2D eigenvalue weighted by atomic mass is 10.2. The van der Waals surface area contributed by atoms with Gasteiger partial charge in [-0.3, -0.25) is 4.79 Å². The largest absolute Gasteiger partial charge is 0.494 e. The molecule has 0 aliphatic rings. The third kappa shape index (κ3) is 5.55. The van der Waals surface area contributed by atoms with Gasteiger partial charge in [0.2, 0.25) is 0 Å². The van der Waals surface area contributed by atoms with Gasteiger partial charge in [0.05, 0.1) is 24.1 Å². The Bertz CT molecular complexity index is 788. The van der Waals surface area contributed by atoms with Crippen LogP contribution < -0.4 is 14.4 Å². The second-order valence-corrected chi connectivity index (χ2v) is 6.09. The molecular weight excluding hydrogens is 375 g/mol. The molecule has 136 valence electrons. The molecule has 0 aliphatic heterocycles. The molecule has 26 heavy (non-hydrogen) atoms. The number of halogens is 2. The van der Waals surface area contributed by atoms with Crippen molar-refractivity contribution in [2.75, 3.05) is 24.7 Å². The number of anilines is 1. The molecule has 0 saturated carbocycles. The van der Waals surface area contributed by atoms with Crippen LogP contribution in [0.25, 0.3) is 0 Å². The van der Waals surface area contributed by atoms with Gasteiger partial charge in [0.15, 0.2) is 6.61 Å². The minimum Gasteiger partial charge on any atom is -0.494 e. The van der Waals surface area contributed by atoms with E-state index in [4.69, 9.17) is 37.9 Å². The Hall–Kier alpha value is -2.42. The van der Waals surface area contributed by atoms with Crippen molar-refractivity contribution in [3.8, 4) is 17.6 Å². The third-order valence-corrected chi connectivity index (χ3v) is 3.98. The number of rotatable bonds is 8. The smallest absolute Gasteiger partial charge is 0.264 e. The lowest BCUT2D eigenvalue weighted by Gasteiger charge is -2.22. The fourth-order valence-electron chi connectivity index (χ4n) is 2.26. The summed E-state index contributed by atoms with van der Waals surface area (Å²) in [5, 5.41) is 9.67. The molecule has 0 saturated heterocycles. The van der Waals surface area contributed by atoms with E-state index in [0.717, 1.165) is 0 Å². The van der Waals surface area contributed by atoms with Crippen LogP contribution >= 0.6 is 23.2 Å². The summed E-state index contributed by atoms with van der Waals surface area (Å²) in [6.45, 7) is 2.52.